The van der Waals surface area contributed by atoms with E-state index in [0.717, 1.165) is 0 Å². The average molecular weight is 187 g/mol. The van der Waals surface area contributed by atoms with Crippen LogP contribution in [0.4, 0.5) is 0 Å². The summed E-state index contributed by atoms with van der Waals surface area (Å²) in [5, 5.41) is 0. The Hall–Kier alpha value is 0.1000. The predicted molar refractivity (Wildman–Crippen MR) is 36.4 cm³/mol. The lowest BCUT2D eigenvalue weighted by molar-refractivity contribution is 0.367. The van der Waals surface area contributed by atoms with E-state index < -0.39 is 29.7 Å². The van der Waals surface area contributed by atoms with Gasteiger partial charge in [-0.2, -0.15) is 0 Å². The Labute approximate surface area is 60.2 Å². The second-order valence-electron chi connectivity index (χ2n) is 1.76. The molecule has 0 amide bonds. The predicted octanol–water partition coefficient (Wildman–Crippen LogP) is -1.02. The zero-order chi connectivity index (χ0) is 8.36. The maximum absolute atomic E-state index is 10.2. The van der Waals surface area contributed by atoms with Gasteiger partial charge in [-0.1, -0.05) is 0 Å². The van der Waals surface area contributed by atoms with Crippen LogP contribution in [0.25, 0.3) is 0 Å². The Morgan fingerprint density at radius 3 is 2.00 bits per heavy atom. The van der Waals surface area contributed by atoms with Crippen LogP contribution in [0.2, 0.25) is 0 Å². The van der Waals surface area contributed by atoms with Crippen molar-refractivity contribution < 1.29 is 22.8 Å². The van der Waals surface area contributed by atoms with Gasteiger partial charge in [-0.3, -0.25) is 4.57 Å². The van der Waals surface area contributed by atoms with Gasteiger partial charge in [-0.05, 0) is 6.92 Å². The zero-order valence-electron chi connectivity index (χ0n) is 5.01. The van der Waals surface area contributed by atoms with Crippen molar-refractivity contribution in [2.75, 3.05) is 5.75 Å². The molecule has 0 aliphatic heterocycles. The highest BCUT2D eigenvalue weighted by Crippen LogP contribution is 2.40. The molecular formula is C3H8O5PS. The van der Waals surface area contributed by atoms with Gasteiger partial charge in [-0.15, -0.1) is 0 Å². The molecule has 0 aliphatic rings. The van der Waals surface area contributed by atoms with Gasteiger partial charge in [0.05, 0.1) is 11.4 Å². The number of rotatable bonds is 3. The minimum atomic E-state index is -4.31. The summed E-state index contributed by atoms with van der Waals surface area (Å²) >= 11 is 0. The number of hydrogen-bond acceptors (Lipinski definition) is 3. The highest BCUT2D eigenvalue weighted by atomic mass is 32.2. The van der Waals surface area contributed by atoms with E-state index in [1.165, 1.54) is 0 Å². The van der Waals surface area contributed by atoms with Gasteiger partial charge < -0.3 is 9.79 Å². The molecule has 1 unspecified atom stereocenters. The Bertz CT molecular complexity index is 207. The van der Waals surface area contributed by atoms with E-state index in [4.69, 9.17) is 9.79 Å². The van der Waals surface area contributed by atoms with Crippen LogP contribution in [0.1, 0.15) is 0 Å². The first-order valence-electron chi connectivity index (χ1n) is 2.34. The van der Waals surface area contributed by atoms with Crippen LogP contribution < -0.4 is 0 Å². The zero-order valence-corrected chi connectivity index (χ0v) is 6.79. The summed E-state index contributed by atoms with van der Waals surface area (Å²) in [6.07, 6.45) is 0. The largest absolute Gasteiger partial charge is 0.329 e. The fourth-order valence-electron chi connectivity index (χ4n) is 0.278. The molecule has 0 heterocycles. The summed E-state index contributed by atoms with van der Waals surface area (Å²) in [5.41, 5.74) is -1.34. The van der Waals surface area contributed by atoms with E-state index in [2.05, 4.69) is 6.92 Å². The summed E-state index contributed by atoms with van der Waals surface area (Å²) in [4.78, 5) is 16.6. The third-order valence-electron chi connectivity index (χ3n) is 0.835. The topological polar surface area (TPSA) is 91.7 Å². The first-order valence-corrected chi connectivity index (χ1v) is 5.38. The molecule has 61 valence electrons. The van der Waals surface area contributed by atoms with E-state index in [1.807, 2.05) is 0 Å². The van der Waals surface area contributed by atoms with Crippen molar-refractivity contribution in [2.24, 2.45) is 0 Å². The Balaban J connectivity index is 4.11. The van der Waals surface area contributed by atoms with Gasteiger partial charge in [0, 0.05) is 0 Å². The van der Waals surface area contributed by atoms with E-state index in [-0.39, 0.29) is 0 Å². The van der Waals surface area contributed by atoms with Gasteiger partial charge in [0.1, 0.15) is 10.7 Å². The molecule has 7 heteroatoms. The minimum Gasteiger partial charge on any atom is -0.324 e. The summed E-state index contributed by atoms with van der Waals surface area (Å²) < 4.78 is 30.1. The number of hydrogen-bond donors (Lipinski definition) is 3. The lowest BCUT2D eigenvalue weighted by atomic mass is 10.6. The van der Waals surface area contributed by atoms with Crippen molar-refractivity contribution in [1.29, 1.82) is 0 Å². The van der Waals surface area contributed by atoms with E-state index >= 15 is 0 Å². The molecule has 1 atom stereocenters. The second kappa shape index (κ2) is 3.48. The molecule has 0 bridgehead atoms. The summed E-state index contributed by atoms with van der Waals surface area (Å²) in [6.45, 7) is 3.00. The molecule has 0 aromatic heterocycles. The summed E-state index contributed by atoms with van der Waals surface area (Å²) in [5.74, 6) is -0.570. The fourth-order valence-corrected chi connectivity index (χ4v) is 1.87. The van der Waals surface area contributed by atoms with Gasteiger partial charge in [-0.25, -0.2) is 8.42 Å². The van der Waals surface area contributed by atoms with Crippen LogP contribution in [-0.2, 0) is 15.3 Å². The standard InChI is InChI=1S/C3H8O5PS/c1-3(2-10(7)8)9(4,5)6/h3,10H,1-2H2,(H2,4,5,6). The number of thiol groups is 1. The fraction of sp³-hybridized carbons (Fsp3) is 0.667. The minimum absolute atomic E-state index is 0.570. The molecule has 0 saturated carbocycles. The molecule has 5 nitrogen and oxygen atoms in total. The van der Waals surface area contributed by atoms with Gasteiger partial charge >= 0.3 is 7.60 Å². The molecule has 0 aromatic rings. The lowest BCUT2D eigenvalue weighted by Crippen LogP contribution is -2.10. The molecular weight excluding hydrogens is 179 g/mol. The van der Waals surface area contributed by atoms with Crippen LogP contribution in [0.5, 0.6) is 0 Å². The second-order valence-corrected chi connectivity index (χ2v) is 4.70. The molecule has 0 fully saturated rings. The highest BCUT2D eigenvalue weighted by Gasteiger charge is 2.24. The van der Waals surface area contributed by atoms with Crippen molar-refractivity contribution in [3.05, 3.63) is 6.92 Å². The molecule has 0 rings (SSSR count). The Morgan fingerprint density at radius 1 is 1.50 bits per heavy atom. The third-order valence-corrected chi connectivity index (χ3v) is 3.00. The van der Waals surface area contributed by atoms with Crippen LogP contribution in [-0.4, -0.2) is 29.6 Å². The molecule has 0 spiro atoms. The normalized spacial score (nSPS) is 15.6. The van der Waals surface area contributed by atoms with Gasteiger partial charge in [0.15, 0.2) is 0 Å². The van der Waals surface area contributed by atoms with Crippen LogP contribution in [0, 0.1) is 6.92 Å². The van der Waals surface area contributed by atoms with Crippen molar-refractivity contribution in [3.8, 4) is 0 Å². The Kier molecular flexibility index (Phi) is 3.51. The smallest absolute Gasteiger partial charge is 0.324 e. The van der Waals surface area contributed by atoms with Crippen molar-refractivity contribution in [3.63, 3.8) is 0 Å². The highest BCUT2D eigenvalue weighted by molar-refractivity contribution is 7.73. The third kappa shape index (κ3) is 4.00. The average Bonchev–Trinajstić information content (AvgIpc) is 1.60. The quantitative estimate of drug-likeness (QED) is 0.388. The molecule has 2 N–H and O–H groups in total. The van der Waals surface area contributed by atoms with Crippen LogP contribution >= 0.6 is 7.60 Å². The van der Waals surface area contributed by atoms with E-state index in [0.29, 0.717) is 0 Å². The Morgan fingerprint density at radius 2 is 1.90 bits per heavy atom. The van der Waals surface area contributed by atoms with Gasteiger partial charge in [0.2, 0.25) is 0 Å². The first kappa shape index (κ1) is 10.1. The lowest BCUT2D eigenvalue weighted by Gasteiger charge is -2.07. The molecule has 10 heavy (non-hydrogen) atoms. The molecule has 1 radical (unpaired) electrons. The SMILES string of the molecule is [CH2]C(C[SH](=O)=O)P(=O)(O)O. The van der Waals surface area contributed by atoms with Crippen LogP contribution in [0.15, 0.2) is 0 Å². The van der Waals surface area contributed by atoms with Crippen molar-refractivity contribution >= 4 is 18.3 Å². The van der Waals surface area contributed by atoms with Gasteiger partial charge in [0.25, 0.3) is 0 Å². The molecule has 0 aromatic carbocycles. The van der Waals surface area contributed by atoms with E-state index in [1.54, 1.807) is 0 Å². The maximum Gasteiger partial charge on any atom is 0.329 e. The molecule has 0 aliphatic carbocycles. The van der Waals surface area contributed by atoms with Crippen LogP contribution in [0.3, 0.4) is 0 Å². The molecule has 0 saturated heterocycles. The van der Waals surface area contributed by atoms with Crippen molar-refractivity contribution in [1.82, 2.24) is 0 Å². The first-order chi connectivity index (χ1) is 4.34. The monoisotopic (exact) mass is 187 g/mol. The summed E-state index contributed by atoms with van der Waals surface area (Å²) in [7, 11) is -7.06. The van der Waals surface area contributed by atoms with E-state index in [9.17, 15) is 13.0 Å². The summed E-state index contributed by atoms with van der Waals surface area (Å²) in [6, 6.07) is 0. The van der Waals surface area contributed by atoms with Crippen molar-refractivity contribution in [2.45, 2.75) is 5.66 Å². The maximum atomic E-state index is 10.2.